The molecule has 2 aromatic rings. The van der Waals surface area contributed by atoms with Crippen molar-refractivity contribution in [3.05, 3.63) is 86.7 Å². The van der Waals surface area contributed by atoms with Crippen molar-refractivity contribution in [2.24, 2.45) is 17.4 Å². The molecule has 2 amide bonds. The van der Waals surface area contributed by atoms with E-state index < -0.39 is 46.4 Å². The standard InChI is InChI=1S/C29H27N5O9S2/c1-14-22(30)25(36)21-19(13-42-27(31)37)29(41-2)26-20(11-32(29)23(21)24(14)35)33(26)28(38)43-12-15-6-8-17(9-7-15)44-45-18-5-3-4-16(10-18)34(39)40/h3-10,19-20,26H,11-13,30H2,1-2H3,(H2,31,37)/t19-,20+,26+,29-,33?/m1/s1. The lowest BCUT2D eigenvalue weighted by Gasteiger charge is -2.40. The Morgan fingerprint density at radius 1 is 1.09 bits per heavy atom. The molecule has 2 fully saturated rings. The van der Waals surface area contributed by atoms with E-state index in [2.05, 4.69) is 0 Å². The molecule has 0 spiro atoms. The lowest BCUT2D eigenvalue weighted by molar-refractivity contribution is -0.385. The molecule has 2 aromatic carbocycles. The van der Waals surface area contributed by atoms with Crippen LogP contribution in [0.4, 0.5) is 15.3 Å². The number of non-ortho nitro benzene ring substituents is 1. The van der Waals surface area contributed by atoms with Gasteiger partial charge in [0.25, 0.3) is 5.69 Å². The fraction of sp³-hybridized carbons (Fsp3) is 0.310. The number of rotatable bonds is 9. The molecule has 0 aromatic heterocycles. The number of methoxy groups -OCH3 is 1. The third-order valence-corrected chi connectivity index (χ3v) is 10.8. The summed E-state index contributed by atoms with van der Waals surface area (Å²) < 4.78 is 16.7. The zero-order valence-electron chi connectivity index (χ0n) is 24.0. The molecule has 4 atom stereocenters. The van der Waals surface area contributed by atoms with Crippen LogP contribution in [0.1, 0.15) is 12.5 Å². The minimum absolute atomic E-state index is 0.0129. The number of ether oxygens (including phenoxy) is 3. The number of nitrogens with zero attached hydrogens (tertiary/aromatic N) is 3. The number of Topliss-reactive ketones (excluding diaryl/α,β-unsaturated/α-hetero) is 2. The number of benzene rings is 2. The Morgan fingerprint density at radius 2 is 1.80 bits per heavy atom. The van der Waals surface area contributed by atoms with Crippen molar-refractivity contribution in [1.82, 2.24) is 9.80 Å². The van der Waals surface area contributed by atoms with Crippen LogP contribution in [0.15, 0.2) is 80.9 Å². The largest absolute Gasteiger partial charge is 0.449 e. The first-order valence-corrected chi connectivity index (χ1v) is 15.8. The Morgan fingerprint density at radius 3 is 2.47 bits per heavy atom. The van der Waals surface area contributed by atoms with Gasteiger partial charge in [0.2, 0.25) is 11.6 Å². The number of fused-ring (bicyclic) bond motifs is 4. The Kier molecular flexibility index (Phi) is 7.74. The molecule has 4 N–H and O–H groups in total. The molecule has 0 saturated carbocycles. The highest BCUT2D eigenvalue weighted by atomic mass is 33.1. The SMILES string of the molecule is CO[C@@]12[C@H](COC(N)=O)C3=C(C(=O)C(C)=C(N)C3=O)N1C[C@H]1[C@@H]2N1C(=O)OCc1ccc(SSc2cccc([N+](=O)[O-])c2)cc1. The molecule has 4 aliphatic rings. The smallest absolute Gasteiger partial charge is 0.410 e. The summed E-state index contributed by atoms with van der Waals surface area (Å²) in [5, 5.41) is 11.0. The number of hydrogen-bond acceptors (Lipinski definition) is 13. The van der Waals surface area contributed by atoms with E-state index in [0.717, 1.165) is 15.4 Å². The van der Waals surface area contributed by atoms with Crippen molar-refractivity contribution in [2.75, 3.05) is 20.3 Å². The van der Waals surface area contributed by atoms with Gasteiger partial charge in [0, 0.05) is 46.7 Å². The number of nitrogens with two attached hydrogens (primary N) is 2. The minimum atomic E-state index is -1.38. The normalized spacial score (nSPS) is 24.8. The number of hydrogen-bond donors (Lipinski definition) is 2. The van der Waals surface area contributed by atoms with Crippen LogP contribution in [0.3, 0.4) is 0 Å². The molecule has 234 valence electrons. The van der Waals surface area contributed by atoms with E-state index in [0.29, 0.717) is 0 Å². The second-order valence-corrected chi connectivity index (χ2v) is 13.0. The fourth-order valence-corrected chi connectivity index (χ4v) is 8.30. The molecule has 3 aliphatic heterocycles. The van der Waals surface area contributed by atoms with Gasteiger partial charge in [-0.15, -0.1) is 0 Å². The summed E-state index contributed by atoms with van der Waals surface area (Å²) in [7, 11) is 4.23. The van der Waals surface area contributed by atoms with Crippen molar-refractivity contribution in [2.45, 2.75) is 41.1 Å². The lowest BCUT2D eigenvalue weighted by Crippen LogP contribution is -2.56. The molecule has 6 rings (SSSR count). The number of allylic oxidation sites excluding steroid dienone is 2. The summed E-state index contributed by atoms with van der Waals surface area (Å²) in [5.74, 6) is -1.92. The number of piperazine rings is 1. The molecule has 1 aliphatic carbocycles. The van der Waals surface area contributed by atoms with Gasteiger partial charge in [0.05, 0.1) is 28.3 Å². The molecule has 0 unspecified atom stereocenters. The number of carbonyl (C=O) groups excluding carboxylic acids is 4. The van der Waals surface area contributed by atoms with Gasteiger partial charge in [0.1, 0.15) is 19.3 Å². The fourth-order valence-electron chi connectivity index (χ4n) is 6.33. The van der Waals surface area contributed by atoms with Crippen LogP contribution >= 0.6 is 21.6 Å². The van der Waals surface area contributed by atoms with E-state index in [1.165, 1.54) is 52.7 Å². The highest BCUT2D eigenvalue weighted by molar-refractivity contribution is 8.76. The maximum atomic E-state index is 13.3. The summed E-state index contributed by atoms with van der Waals surface area (Å²) in [6, 6.07) is 12.7. The molecular weight excluding hydrogens is 626 g/mol. The van der Waals surface area contributed by atoms with Gasteiger partial charge in [-0.1, -0.05) is 39.8 Å². The average Bonchev–Trinajstić information content (AvgIpc) is 3.54. The van der Waals surface area contributed by atoms with Crippen molar-refractivity contribution >= 4 is 51.0 Å². The molecule has 2 saturated heterocycles. The first kappa shape index (κ1) is 30.5. The highest BCUT2D eigenvalue weighted by Crippen LogP contribution is 2.59. The zero-order chi connectivity index (χ0) is 32.2. The van der Waals surface area contributed by atoms with Gasteiger partial charge < -0.3 is 30.6 Å². The van der Waals surface area contributed by atoms with Crippen LogP contribution in [-0.2, 0) is 30.4 Å². The first-order valence-electron chi connectivity index (χ1n) is 13.7. The van der Waals surface area contributed by atoms with Gasteiger partial charge in [-0.2, -0.15) is 0 Å². The monoisotopic (exact) mass is 653 g/mol. The Bertz CT molecular complexity index is 1710. The average molecular weight is 654 g/mol. The van der Waals surface area contributed by atoms with Gasteiger partial charge in [0.15, 0.2) is 5.72 Å². The molecule has 3 heterocycles. The number of carbonyl (C=O) groups is 4. The van der Waals surface area contributed by atoms with Gasteiger partial charge >= 0.3 is 12.2 Å². The van der Waals surface area contributed by atoms with Crippen LogP contribution in [0.25, 0.3) is 0 Å². The maximum Gasteiger partial charge on any atom is 0.410 e. The van der Waals surface area contributed by atoms with Crippen LogP contribution in [0.5, 0.6) is 0 Å². The molecule has 0 radical (unpaired) electrons. The number of nitro benzene ring substituents is 1. The molecule has 45 heavy (non-hydrogen) atoms. The van der Waals surface area contributed by atoms with Crippen LogP contribution in [0, 0.1) is 16.0 Å². The Balaban J connectivity index is 1.12. The van der Waals surface area contributed by atoms with E-state index >= 15 is 0 Å². The van der Waals surface area contributed by atoms with E-state index in [1.54, 1.807) is 17.0 Å². The summed E-state index contributed by atoms with van der Waals surface area (Å²) in [6.07, 6.45) is -1.67. The van der Waals surface area contributed by atoms with E-state index in [4.69, 9.17) is 25.7 Å². The summed E-state index contributed by atoms with van der Waals surface area (Å²) in [4.78, 5) is 66.8. The second-order valence-electron chi connectivity index (χ2n) is 10.7. The molecular formula is C29H27N5O9S2. The number of primary amides is 1. The van der Waals surface area contributed by atoms with Gasteiger partial charge in [-0.3, -0.25) is 24.6 Å². The number of ketones is 2. The van der Waals surface area contributed by atoms with Crippen molar-refractivity contribution in [3.8, 4) is 0 Å². The van der Waals surface area contributed by atoms with Gasteiger partial charge in [-0.05, 0) is 30.7 Å². The van der Waals surface area contributed by atoms with E-state index in [1.807, 2.05) is 24.3 Å². The van der Waals surface area contributed by atoms with Crippen molar-refractivity contribution in [3.63, 3.8) is 0 Å². The number of amides is 2. The topological polar surface area (TPSA) is 197 Å². The predicted molar refractivity (Wildman–Crippen MR) is 160 cm³/mol. The Hall–Kier alpha value is -4.54. The van der Waals surface area contributed by atoms with Crippen LogP contribution in [-0.4, -0.2) is 76.5 Å². The summed E-state index contributed by atoms with van der Waals surface area (Å²) in [6.45, 7) is 1.30. The van der Waals surface area contributed by atoms with Crippen LogP contribution < -0.4 is 11.5 Å². The lowest BCUT2D eigenvalue weighted by atomic mass is 9.82. The maximum absolute atomic E-state index is 13.3. The van der Waals surface area contributed by atoms with Gasteiger partial charge in [-0.25, -0.2) is 9.59 Å². The third-order valence-electron chi connectivity index (χ3n) is 8.45. The summed E-state index contributed by atoms with van der Waals surface area (Å²) in [5.41, 5.74) is 10.7. The van der Waals surface area contributed by atoms with Crippen LogP contribution in [0.2, 0.25) is 0 Å². The molecule has 16 heteroatoms. The second kappa shape index (κ2) is 11.4. The van der Waals surface area contributed by atoms with E-state index in [9.17, 15) is 29.3 Å². The highest BCUT2D eigenvalue weighted by Gasteiger charge is 2.78. The Labute approximate surface area is 264 Å². The minimum Gasteiger partial charge on any atom is -0.449 e. The third kappa shape index (κ3) is 4.98. The zero-order valence-corrected chi connectivity index (χ0v) is 25.6. The number of nitro groups is 1. The molecule has 14 nitrogen and oxygen atoms in total. The quantitative estimate of drug-likeness (QED) is 0.132. The predicted octanol–water partition coefficient (Wildman–Crippen LogP) is 3.11. The van der Waals surface area contributed by atoms with Crippen molar-refractivity contribution in [1.29, 1.82) is 0 Å². The molecule has 0 bridgehead atoms. The van der Waals surface area contributed by atoms with E-state index in [-0.39, 0.29) is 54.0 Å². The van der Waals surface area contributed by atoms with Crippen molar-refractivity contribution < 1.29 is 38.3 Å². The summed E-state index contributed by atoms with van der Waals surface area (Å²) >= 11 is 0. The first-order chi connectivity index (χ1) is 21.5.